The Morgan fingerprint density at radius 3 is 2.69 bits per heavy atom. The third-order valence-electron chi connectivity index (χ3n) is 4.20. The van der Waals surface area contributed by atoms with E-state index in [0.29, 0.717) is 22.9 Å². The molecule has 0 aliphatic carbocycles. The molecule has 0 aliphatic rings. The molecule has 4 rings (SSSR count). The first kappa shape index (κ1) is 18.9. The predicted molar refractivity (Wildman–Crippen MR) is 103 cm³/mol. The van der Waals surface area contributed by atoms with Crippen LogP contribution in [0.3, 0.4) is 0 Å². The minimum Gasteiger partial charge on any atom is -0.497 e. The van der Waals surface area contributed by atoms with Gasteiger partial charge in [-0.25, -0.2) is 22.8 Å². The Bertz CT molecular complexity index is 1250. The van der Waals surface area contributed by atoms with Crippen molar-refractivity contribution in [1.29, 1.82) is 0 Å². The predicted octanol–water partition coefficient (Wildman–Crippen LogP) is 3.65. The zero-order valence-corrected chi connectivity index (χ0v) is 16.1. The van der Waals surface area contributed by atoms with E-state index in [1.807, 2.05) is 0 Å². The molecular formula is C20H16FN3O4S. The van der Waals surface area contributed by atoms with Crippen LogP contribution in [0.4, 0.5) is 4.39 Å². The molecule has 0 N–H and O–H groups in total. The number of ether oxygens (including phenoxy) is 1. The summed E-state index contributed by atoms with van der Waals surface area (Å²) >= 11 is 0. The van der Waals surface area contributed by atoms with Crippen LogP contribution in [0.1, 0.15) is 5.69 Å². The third kappa shape index (κ3) is 3.90. The summed E-state index contributed by atoms with van der Waals surface area (Å²) in [5, 5.41) is -0.197. The molecule has 0 saturated carbocycles. The van der Waals surface area contributed by atoms with Crippen LogP contribution in [0.25, 0.3) is 17.1 Å². The molecule has 0 unspecified atom stereocenters. The van der Waals surface area contributed by atoms with E-state index in [0.717, 1.165) is 0 Å². The van der Waals surface area contributed by atoms with Crippen molar-refractivity contribution >= 4 is 9.84 Å². The summed E-state index contributed by atoms with van der Waals surface area (Å²) in [4.78, 5) is 8.22. The number of halogens is 1. The summed E-state index contributed by atoms with van der Waals surface area (Å²) in [5.74, 6) is 0.109. The normalized spacial score (nSPS) is 11.5. The fraction of sp³-hybridized carbons (Fsp3) is 0.100. The number of aromatic nitrogens is 3. The Labute approximate surface area is 166 Å². The molecule has 0 aliphatic heterocycles. The van der Waals surface area contributed by atoms with Gasteiger partial charge in [0.15, 0.2) is 0 Å². The molecule has 0 spiro atoms. The van der Waals surface area contributed by atoms with E-state index < -0.39 is 21.4 Å². The van der Waals surface area contributed by atoms with Crippen LogP contribution >= 0.6 is 0 Å². The molecule has 9 heteroatoms. The average molecular weight is 413 g/mol. The first-order chi connectivity index (χ1) is 14.0. The molecule has 4 aromatic rings. The molecule has 2 aromatic carbocycles. The standard InChI is InChI=1S/C20H16FN3O4S/c1-27-18-7-5-14(6-8-18)19-23-16(12-28-19)13-29(25,26)20-22-9-10-24(20)17-4-2-3-15(21)11-17/h2-12H,13H2,1H3. The van der Waals surface area contributed by atoms with Crippen molar-refractivity contribution in [3.63, 3.8) is 0 Å². The summed E-state index contributed by atoms with van der Waals surface area (Å²) in [6, 6.07) is 12.7. The van der Waals surface area contributed by atoms with Gasteiger partial charge in [0.25, 0.3) is 0 Å². The fourth-order valence-corrected chi connectivity index (χ4v) is 4.18. The molecule has 0 radical (unpaired) electrons. The number of methoxy groups -OCH3 is 1. The molecule has 2 aromatic heterocycles. The summed E-state index contributed by atoms with van der Waals surface area (Å²) < 4.78 is 51.2. The lowest BCUT2D eigenvalue weighted by molar-refractivity contribution is 0.415. The number of sulfone groups is 1. The van der Waals surface area contributed by atoms with Crippen LogP contribution in [0.5, 0.6) is 5.75 Å². The molecule has 0 fully saturated rings. The highest BCUT2D eigenvalue weighted by atomic mass is 32.2. The second kappa shape index (κ2) is 7.51. The highest BCUT2D eigenvalue weighted by molar-refractivity contribution is 7.90. The van der Waals surface area contributed by atoms with Gasteiger partial charge in [-0.15, -0.1) is 0 Å². The summed E-state index contributed by atoms with van der Waals surface area (Å²) in [7, 11) is -2.29. The van der Waals surface area contributed by atoms with Gasteiger partial charge in [-0.3, -0.25) is 4.57 Å². The van der Waals surface area contributed by atoms with E-state index in [4.69, 9.17) is 9.15 Å². The van der Waals surface area contributed by atoms with E-state index in [2.05, 4.69) is 9.97 Å². The maximum absolute atomic E-state index is 13.5. The highest BCUT2D eigenvalue weighted by Gasteiger charge is 2.24. The lowest BCUT2D eigenvalue weighted by atomic mass is 10.2. The van der Waals surface area contributed by atoms with Gasteiger partial charge in [-0.1, -0.05) is 6.07 Å². The maximum atomic E-state index is 13.5. The minimum atomic E-state index is -3.85. The molecule has 29 heavy (non-hydrogen) atoms. The third-order valence-corrected chi connectivity index (χ3v) is 5.73. The number of imidazole rings is 1. The number of rotatable bonds is 6. The lowest BCUT2D eigenvalue weighted by Gasteiger charge is -2.08. The molecule has 0 atom stereocenters. The van der Waals surface area contributed by atoms with Gasteiger partial charge in [-0.2, -0.15) is 0 Å². The topological polar surface area (TPSA) is 87.2 Å². The van der Waals surface area contributed by atoms with Crippen LogP contribution < -0.4 is 4.74 Å². The van der Waals surface area contributed by atoms with E-state index in [9.17, 15) is 12.8 Å². The average Bonchev–Trinajstić information content (AvgIpc) is 3.38. The molecule has 2 heterocycles. The first-order valence-electron chi connectivity index (χ1n) is 8.57. The summed E-state index contributed by atoms with van der Waals surface area (Å²) in [6.07, 6.45) is 4.11. The summed E-state index contributed by atoms with van der Waals surface area (Å²) in [6.45, 7) is 0. The monoisotopic (exact) mass is 413 g/mol. The van der Waals surface area contributed by atoms with Crippen molar-refractivity contribution in [2.75, 3.05) is 7.11 Å². The Morgan fingerprint density at radius 1 is 1.17 bits per heavy atom. The van der Waals surface area contributed by atoms with Crippen molar-refractivity contribution in [3.05, 3.63) is 78.7 Å². The van der Waals surface area contributed by atoms with E-state index in [1.165, 1.54) is 41.4 Å². The number of hydrogen-bond donors (Lipinski definition) is 0. The first-order valence-corrected chi connectivity index (χ1v) is 10.2. The zero-order chi connectivity index (χ0) is 20.4. The van der Waals surface area contributed by atoms with Gasteiger partial charge in [0.1, 0.15) is 23.6 Å². The highest BCUT2D eigenvalue weighted by Crippen LogP contribution is 2.24. The van der Waals surface area contributed by atoms with E-state index in [-0.39, 0.29) is 10.9 Å². The number of nitrogens with zero attached hydrogens (tertiary/aromatic N) is 3. The number of oxazole rings is 1. The lowest BCUT2D eigenvalue weighted by Crippen LogP contribution is -2.12. The van der Waals surface area contributed by atoms with Crippen molar-refractivity contribution in [3.8, 4) is 22.9 Å². The SMILES string of the molecule is COc1ccc(-c2nc(CS(=O)(=O)c3nccn3-c3cccc(F)c3)co2)cc1. The molecule has 7 nitrogen and oxygen atoms in total. The minimum absolute atomic E-state index is 0.197. The zero-order valence-electron chi connectivity index (χ0n) is 15.3. The molecule has 0 saturated heterocycles. The molecule has 148 valence electrons. The van der Waals surface area contributed by atoms with Gasteiger partial charge in [-0.05, 0) is 42.5 Å². The molecular weight excluding hydrogens is 397 g/mol. The van der Waals surface area contributed by atoms with Crippen molar-refractivity contribution in [1.82, 2.24) is 14.5 Å². The van der Waals surface area contributed by atoms with E-state index in [1.54, 1.807) is 37.4 Å². The van der Waals surface area contributed by atoms with Gasteiger partial charge >= 0.3 is 0 Å². The number of benzene rings is 2. The van der Waals surface area contributed by atoms with Crippen molar-refractivity contribution < 1.29 is 22.0 Å². The van der Waals surface area contributed by atoms with Gasteiger partial charge in [0, 0.05) is 18.0 Å². The van der Waals surface area contributed by atoms with Crippen LogP contribution in [0.15, 0.2) is 76.8 Å². The van der Waals surface area contributed by atoms with Crippen LogP contribution in [0.2, 0.25) is 0 Å². The Morgan fingerprint density at radius 2 is 1.97 bits per heavy atom. The number of hydrogen-bond acceptors (Lipinski definition) is 6. The molecule has 0 bridgehead atoms. The Balaban J connectivity index is 1.60. The fourth-order valence-electron chi connectivity index (χ4n) is 2.84. The largest absolute Gasteiger partial charge is 0.497 e. The van der Waals surface area contributed by atoms with Crippen LogP contribution in [-0.4, -0.2) is 30.1 Å². The molecule has 0 amide bonds. The second-order valence-electron chi connectivity index (χ2n) is 6.19. The Hall–Kier alpha value is -3.46. The smallest absolute Gasteiger partial charge is 0.232 e. The Kier molecular flexibility index (Phi) is 4.89. The second-order valence-corrected chi connectivity index (χ2v) is 8.07. The van der Waals surface area contributed by atoms with Crippen LogP contribution in [0, 0.1) is 5.82 Å². The van der Waals surface area contributed by atoms with Gasteiger partial charge in [0.2, 0.25) is 20.9 Å². The van der Waals surface area contributed by atoms with Gasteiger partial charge in [0.05, 0.1) is 18.5 Å². The quantitative estimate of drug-likeness (QED) is 0.480. The van der Waals surface area contributed by atoms with Crippen LogP contribution in [-0.2, 0) is 15.6 Å². The van der Waals surface area contributed by atoms with E-state index >= 15 is 0 Å². The van der Waals surface area contributed by atoms with Crippen molar-refractivity contribution in [2.24, 2.45) is 0 Å². The van der Waals surface area contributed by atoms with Crippen molar-refractivity contribution in [2.45, 2.75) is 10.9 Å². The maximum Gasteiger partial charge on any atom is 0.232 e. The summed E-state index contributed by atoms with van der Waals surface area (Å²) in [5.41, 5.74) is 1.29. The van der Waals surface area contributed by atoms with Gasteiger partial charge < -0.3 is 9.15 Å².